The fourth-order valence-electron chi connectivity index (χ4n) is 1.43. The van der Waals surface area contributed by atoms with Gasteiger partial charge < -0.3 is 0 Å². The zero-order valence-corrected chi connectivity index (χ0v) is 10.5. The number of benzene rings is 1. The van der Waals surface area contributed by atoms with Crippen LogP contribution in [-0.4, -0.2) is 26.2 Å². The van der Waals surface area contributed by atoms with Gasteiger partial charge in [-0.25, -0.2) is 8.42 Å². The van der Waals surface area contributed by atoms with Gasteiger partial charge in [-0.05, 0) is 19.4 Å². The SMILES string of the molecule is CC(C)(C(=O)CS(C)(=O)=O)c1ccccc1. The second-order valence-corrected chi connectivity index (χ2v) is 6.62. The lowest BCUT2D eigenvalue weighted by Crippen LogP contribution is -2.34. The third-order valence-electron chi connectivity index (χ3n) is 2.59. The van der Waals surface area contributed by atoms with Gasteiger partial charge in [0.25, 0.3) is 0 Å². The quantitative estimate of drug-likeness (QED) is 0.803. The Bertz CT molecular complexity index is 472. The first-order valence-electron chi connectivity index (χ1n) is 5.00. The maximum absolute atomic E-state index is 11.9. The van der Waals surface area contributed by atoms with Crippen molar-refractivity contribution < 1.29 is 13.2 Å². The molecular weight excluding hydrogens is 224 g/mol. The zero-order valence-electron chi connectivity index (χ0n) is 9.73. The molecule has 0 aliphatic carbocycles. The number of carbonyl (C=O) groups is 1. The van der Waals surface area contributed by atoms with Crippen molar-refractivity contribution in [2.45, 2.75) is 19.3 Å². The third kappa shape index (κ3) is 3.17. The van der Waals surface area contributed by atoms with Gasteiger partial charge in [-0.2, -0.15) is 0 Å². The topological polar surface area (TPSA) is 51.2 Å². The molecule has 88 valence electrons. The van der Waals surface area contributed by atoms with Gasteiger partial charge in [-0.3, -0.25) is 4.79 Å². The molecule has 4 heteroatoms. The van der Waals surface area contributed by atoms with Gasteiger partial charge in [0.05, 0.1) is 0 Å². The minimum atomic E-state index is -3.26. The Morgan fingerprint density at radius 3 is 2.12 bits per heavy atom. The second kappa shape index (κ2) is 4.37. The van der Waals surface area contributed by atoms with Crippen LogP contribution in [0, 0.1) is 0 Å². The second-order valence-electron chi connectivity index (χ2n) is 4.48. The zero-order chi connectivity index (χ0) is 12.4. The van der Waals surface area contributed by atoms with Gasteiger partial charge in [-0.15, -0.1) is 0 Å². The highest BCUT2D eigenvalue weighted by atomic mass is 32.2. The average Bonchev–Trinajstić information content (AvgIpc) is 2.16. The molecule has 1 aromatic carbocycles. The summed E-state index contributed by atoms with van der Waals surface area (Å²) < 4.78 is 22.2. The highest BCUT2D eigenvalue weighted by molar-refractivity contribution is 7.91. The van der Waals surface area contributed by atoms with Crippen molar-refractivity contribution in [2.24, 2.45) is 0 Å². The molecule has 0 aliphatic rings. The van der Waals surface area contributed by atoms with Crippen LogP contribution in [0.3, 0.4) is 0 Å². The molecule has 0 aromatic heterocycles. The molecule has 0 amide bonds. The van der Waals surface area contributed by atoms with Crippen molar-refractivity contribution in [3.63, 3.8) is 0 Å². The van der Waals surface area contributed by atoms with Crippen LogP contribution >= 0.6 is 0 Å². The van der Waals surface area contributed by atoms with Crippen molar-refractivity contribution >= 4 is 15.6 Å². The van der Waals surface area contributed by atoms with Gasteiger partial charge in [-0.1, -0.05) is 30.3 Å². The van der Waals surface area contributed by atoms with E-state index in [1.165, 1.54) is 0 Å². The van der Waals surface area contributed by atoms with E-state index in [4.69, 9.17) is 0 Å². The summed E-state index contributed by atoms with van der Waals surface area (Å²) >= 11 is 0. The Balaban J connectivity index is 2.99. The predicted molar refractivity (Wildman–Crippen MR) is 64.2 cm³/mol. The highest BCUT2D eigenvalue weighted by Gasteiger charge is 2.31. The van der Waals surface area contributed by atoms with Crippen molar-refractivity contribution in [3.05, 3.63) is 35.9 Å². The first-order chi connectivity index (χ1) is 7.23. The fraction of sp³-hybridized carbons (Fsp3) is 0.417. The first-order valence-corrected chi connectivity index (χ1v) is 7.06. The monoisotopic (exact) mass is 240 g/mol. The van der Waals surface area contributed by atoms with Crippen LogP contribution in [0.25, 0.3) is 0 Å². The maximum atomic E-state index is 11.9. The van der Waals surface area contributed by atoms with Gasteiger partial charge in [0, 0.05) is 11.7 Å². The number of rotatable bonds is 4. The van der Waals surface area contributed by atoms with Crippen molar-refractivity contribution in [1.82, 2.24) is 0 Å². The number of ketones is 1. The highest BCUT2D eigenvalue weighted by Crippen LogP contribution is 2.24. The van der Waals surface area contributed by atoms with Crippen molar-refractivity contribution in [1.29, 1.82) is 0 Å². The first kappa shape index (κ1) is 12.9. The number of hydrogen-bond acceptors (Lipinski definition) is 3. The lowest BCUT2D eigenvalue weighted by molar-refractivity contribution is -0.121. The molecule has 0 atom stereocenters. The molecule has 0 bridgehead atoms. The maximum Gasteiger partial charge on any atom is 0.157 e. The Hall–Kier alpha value is -1.16. The predicted octanol–water partition coefficient (Wildman–Crippen LogP) is 1.58. The summed E-state index contributed by atoms with van der Waals surface area (Å²) in [5, 5.41) is 0. The van der Waals surface area contributed by atoms with Crippen LogP contribution in [0.15, 0.2) is 30.3 Å². The number of carbonyl (C=O) groups excluding carboxylic acids is 1. The Kier molecular flexibility index (Phi) is 3.53. The van der Waals surface area contributed by atoms with Crippen molar-refractivity contribution in [3.8, 4) is 0 Å². The van der Waals surface area contributed by atoms with Crippen LogP contribution in [0.1, 0.15) is 19.4 Å². The molecule has 0 aliphatic heterocycles. The Morgan fingerprint density at radius 2 is 1.69 bits per heavy atom. The smallest absolute Gasteiger partial charge is 0.157 e. The lowest BCUT2D eigenvalue weighted by atomic mass is 9.81. The molecule has 0 unspecified atom stereocenters. The van der Waals surface area contributed by atoms with E-state index in [0.29, 0.717) is 0 Å². The number of Topliss-reactive ketones (excluding diaryl/α,β-unsaturated/α-hetero) is 1. The minimum absolute atomic E-state index is 0.277. The molecule has 0 heterocycles. The molecule has 1 aromatic rings. The largest absolute Gasteiger partial charge is 0.298 e. The van der Waals surface area contributed by atoms with Gasteiger partial charge in [0.1, 0.15) is 5.75 Å². The summed E-state index contributed by atoms with van der Waals surface area (Å²) in [4.78, 5) is 11.9. The van der Waals surface area contributed by atoms with E-state index in [1.807, 2.05) is 30.3 Å². The van der Waals surface area contributed by atoms with E-state index < -0.39 is 21.0 Å². The summed E-state index contributed by atoms with van der Waals surface area (Å²) in [6.07, 6.45) is 1.08. The van der Waals surface area contributed by atoms with Gasteiger partial charge >= 0.3 is 0 Å². The summed E-state index contributed by atoms with van der Waals surface area (Å²) in [6.45, 7) is 3.49. The van der Waals surface area contributed by atoms with E-state index >= 15 is 0 Å². The van der Waals surface area contributed by atoms with Crippen LogP contribution < -0.4 is 0 Å². The van der Waals surface area contributed by atoms with E-state index in [0.717, 1.165) is 11.8 Å². The molecule has 0 fully saturated rings. The van der Waals surface area contributed by atoms with E-state index in [9.17, 15) is 13.2 Å². The van der Waals surface area contributed by atoms with E-state index in [-0.39, 0.29) is 5.78 Å². The number of hydrogen-bond donors (Lipinski definition) is 0. The van der Waals surface area contributed by atoms with Gasteiger partial charge in [0.2, 0.25) is 0 Å². The standard InChI is InChI=1S/C12H16O3S/c1-12(2,10-7-5-4-6-8-10)11(13)9-16(3,14)15/h4-8H,9H2,1-3H3. The van der Waals surface area contributed by atoms with E-state index in [2.05, 4.69) is 0 Å². The molecule has 0 radical (unpaired) electrons. The average molecular weight is 240 g/mol. The fourth-order valence-corrected chi connectivity index (χ4v) is 2.27. The molecular formula is C12H16O3S. The lowest BCUT2D eigenvalue weighted by Gasteiger charge is -2.23. The molecule has 16 heavy (non-hydrogen) atoms. The molecule has 0 saturated heterocycles. The molecule has 3 nitrogen and oxygen atoms in total. The van der Waals surface area contributed by atoms with Crippen LogP contribution in [0.2, 0.25) is 0 Å². The van der Waals surface area contributed by atoms with Crippen LogP contribution in [0.5, 0.6) is 0 Å². The summed E-state index contributed by atoms with van der Waals surface area (Å²) in [5.41, 5.74) is 0.0771. The summed E-state index contributed by atoms with van der Waals surface area (Å²) in [5.74, 6) is -0.685. The van der Waals surface area contributed by atoms with Crippen LogP contribution in [0.4, 0.5) is 0 Å². The van der Waals surface area contributed by atoms with Gasteiger partial charge in [0.15, 0.2) is 15.6 Å². The van der Waals surface area contributed by atoms with E-state index in [1.54, 1.807) is 13.8 Å². The molecule has 0 saturated carbocycles. The molecule has 1 rings (SSSR count). The molecule has 0 spiro atoms. The number of sulfone groups is 1. The van der Waals surface area contributed by atoms with Crippen LogP contribution in [-0.2, 0) is 20.0 Å². The summed E-state index contributed by atoms with van der Waals surface area (Å²) in [7, 11) is -3.26. The Labute approximate surface area is 96.4 Å². The normalized spacial score (nSPS) is 12.4. The Morgan fingerprint density at radius 1 is 1.19 bits per heavy atom. The summed E-state index contributed by atoms with van der Waals surface area (Å²) in [6, 6.07) is 9.20. The molecule has 0 N–H and O–H groups in total. The minimum Gasteiger partial charge on any atom is -0.298 e. The third-order valence-corrected chi connectivity index (χ3v) is 3.37. The van der Waals surface area contributed by atoms with Crippen molar-refractivity contribution in [2.75, 3.05) is 12.0 Å².